The van der Waals surface area contributed by atoms with E-state index < -0.39 is 33.7 Å². The van der Waals surface area contributed by atoms with Crippen molar-refractivity contribution >= 4 is 23.3 Å². The third-order valence-electron chi connectivity index (χ3n) is 12.8. The molecule has 3 saturated heterocycles. The number of fused-ring (bicyclic) bond motifs is 4. The Labute approximate surface area is 267 Å². The molecular weight excluding hydrogens is 572 g/mol. The molecule has 2 unspecified atom stereocenters. The van der Waals surface area contributed by atoms with Gasteiger partial charge in [-0.2, -0.15) is 0 Å². The maximum atomic E-state index is 14.4. The Morgan fingerprint density at radius 3 is 2.42 bits per heavy atom. The van der Waals surface area contributed by atoms with Crippen LogP contribution in [0.4, 0.5) is 5.69 Å². The minimum atomic E-state index is -1.26. The molecule has 1 spiro atoms. The van der Waals surface area contributed by atoms with Gasteiger partial charge in [0, 0.05) is 36.2 Å². The van der Waals surface area contributed by atoms with Gasteiger partial charge >= 0.3 is 5.97 Å². The molecule has 5 aliphatic rings. The first-order chi connectivity index (χ1) is 20.9. The molecular formula is C35H54N4O6+2. The molecule has 1 aromatic carbocycles. The van der Waals surface area contributed by atoms with Crippen molar-refractivity contribution in [3.8, 4) is 0 Å². The number of ether oxygens (including phenoxy) is 2. The lowest BCUT2D eigenvalue weighted by Crippen LogP contribution is -3.24. The predicted molar refractivity (Wildman–Crippen MR) is 169 cm³/mol. The molecule has 9 atom stereocenters. The van der Waals surface area contributed by atoms with E-state index in [4.69, 9.17) is 9.47 Å². The quantitative estimate of drug-likeness (QED) is 0.167. The number of para-hydroxylation sites is 1. The number of hydrogen-bond donors (Lipinski definition) is 5. The van der Waals surface area contributed by atoms with Crippen LogP contribution in [-0.4, -0.2) is 97.5 Å². The van der Waals surface area contributed by atoms with E-state index in [0.29, 0.717) is 37.1 Å². The number of Topliss-reactive ketones (excluding diaryl/α,β-unsaturated/α-hetero) is 1. The van der Waals surface area contributed by atoms with Crippen molar-refractivity contribution < 1.29 is 38.8 Å². The first kappa shape index (κ1) is 32.6. The number of nitrogens with one attached hydrogen (secondary N) is 4. The number of likely N-dealkylation sites (N-methyl/N-ethyl adjacent to an activating group) is 2. The fourth-order valence-electron chi connectivity index (χ4n) is 10.2. The van der Waals surface area contributed by atoms with Crippen LogP contribution in [0, 0.1) is 11.3 Å². The lowest BCUT2D eigenvalue weighted by molar-refractivity contribution is -0.965. The molecule has 1 aromatic rings. The average molecular weight is 627 g/mol. The van der Waals surface area contributed by atoms with Crippen LogP contribution in [-0.2, 0) is 24.5 Å². The van der Waals surface area contributed by atoms with Gasteiger partial charge < -0.3 is 35.0 Å². The molecule has 1 aliphatic carbocycles. The number of carbonyl (C=O) groups excluding carboxylic acids is 3. The van der Waals surface area contributed by atoms with Gasteiger partial charge in [0.15, 0.2) is 11.8 Å². The standard InChI is InChI=1S/C35H52N4O6/c1-19(2)26(38(9)10)29(41)44-22-14-20(3)39-18-33(36-8)17-34(32(6,7)35(33,43)16-21(39)15-22)24-13-11-12-23(25(24)37-30(34)42)27(40)28-31(4,5)45-28/h11-13,19-22,26,28,36,43H,14-18H2,1-10H3,(H,37,42)/p+2/t20-,21+,22+,26-,28?,33+,34-,35-/m0/s1. The zero-order valence-electron chi connectivity index (χ0n) is 28.7. The number of quaternary nitrogens is 2. The number of esters is 1. The van der Waals surface area contributed by atoms with Gasteiger partial charge in [-0.15, -0.1) is 0 Å². The number of benzene rings is 1. The summed E-state index contributed by atoms with van der Waals surface area (Å²) >= 11 is 0. The largest absolute Gasteiger partial charge is 0.457 e. The maximum Gasteiger partial charge on any atom is 0.365 e. The summed E-state index contributed by atoms with van der Waals surface area (Å²) in [6.07, 6.45) is 1.54. The number of hydrogen-bond acceptors (Lipinski definition) is 7. The Morgan fingerprint density at radius 2 is 1.84 bits per heavy atom. The summed E-state index contributed by atoms with van der Waals surface area (Å²) in [4.78, 5) is 43.6. The number of aliphatic hydroxyl groups is 1. The molecule has 0 radical (unpaired) electrons. The third kappa shape index (κ3) is 4.35. The minimum Gasteiger partial charge on any atom is -0.457 e. The van der Waals surface area contributed by atoms with Crippen molar-refractivity contribution in [3.05, 3.63) is 29.3 Å². The highest BCUT2D eigenvalue weighted by Crippen LogP contribution is 2.68. The Hall–Kier alpha value is -2.37. The molecule has 6 rings (SSSR count). The number of amides is 1. The maximum absolute atomic E-state index is 14.4. The number of epoxide rings is 1. The summed E-state index contributed by atoms with van der Waals surface area (Å²) in [5.74, 6) is -0.298. The molecule has 0 aromatic heterocycles. The SMILES string of the molecule is CN[C@]12C[NH+]3[C@H](C[C@H](OC(=O)[C@H](C(C)C)[NH+](C)C)C[C@@H]3C)C[C@]1(O)C(C)(C)[C@]1(C2)C(=O)Nc2c(C(=O)C3OC3(C)C)cccc21. The molecule has 1 saturated carbocycles. The van der Waals surface area contributed by atoms with Gasteiger partial charge in [0.25, 0.3) is 0 Å². The van der Waals surface area contributed by atoms with E-state index in [1.807, 2.05) is 61.0 Å². The second kappa shape index (κ2) is 10.3. The van der Waals surface area contributed by atoms with Crippen molar-refractivity contribution in [1.82, 2.24) is 5.32 Å². The fraction of sp³-hybridized carbons (Fsp3) is 0.743. The Kier molecular flexibility index (Phi) is 7.46. The highest BCUT2D eigenvalue weighted by Gasteiger charge is 2.80. The average Bonchev–Trinajstić information content (AvgIpc) is 3.42. The lowest BCUT2D eigenvalue weighted by atomic mass is 9.57. The molecule has 4 aliphatic heterocycles. The Bertz CT molecular complexity index is 1420. The van der Waals surface area contributed by atoms with Crippen LogP contribution in [0.1, 0.15) is 90.1 Å². The number of anilines is 1. The Morgan fingerprint density at radius 1 is 1.18 bits per heavy atom. The summed E-state index contributed by atoms with van der Waals surface area (Å²) < 4.78 is 11.9. The van der Waals surface area contributed by atoms with Crippen LogP contribution >= 0.6 is 0 Å². The molecule has 248 valence electrons. The molecule has 1 amide bonds. The lowest BCUT2D eigenvalue weighted by Gasteiger charge is -2.58. The van der Waals surface area contributed by atoms with Gasteiger partial charge in [0.05, 0.1) is 55.0 Å². The molecule has 10 heteroatoms. The van der Waals surface area contributed by atoms with E-state index in [1.54, 1.807) is 6.07 Å². The first-order valence-electron chi connectivity index (χ1n) is 16.8. The predicted octanol–water partition coefficient (Wildman–Crippen LogP) is 0.276. The highest BCUT2D eigenvalue weighted by molar-refractivity contribution is 6.15. The van der Waals surface area contributed by atoms with Crippen LogP contribution in [0.2, 0.25) is 0 Å². The van der Waals surface area contributed by atoms with Crippen molar-refractivity contribution in [2.75, 3.05) is 33.0 Å². The molecule has 0 bridgehead atoms. The van der Waals surface area contributed by atoms with Crippen LogP contribution in [0.25, 0.3) is 0 Å². The summed E-state index contributed by atoms with van der Waals surface area (Å²) in [7, 11) is 5.88. The van der Waals surface area contributed by atoms with Crippen molar-refractivity contribution in [1.29, 1.82) is 0 Å². The van der Waals surface area contributed by atoms with Crippen LogP contribution in [0.15, 0.2) is 18.2 Å². The van der Waals surface area contributed by atoms with Crippen molar-refractivity contribution in [3.63, 3.8) is 0 Å². The third-order valence-corrected chi connectivity index (χ3v) is 12.8. The van der Waals surface area contributed by atoms with Crippen LogP contribution in [0.3, 0.4) is 0 Å². The van der Waals surface area contributed by atoms with Crippen LogP contribution in [0.5, 0.6) is 0 Å². The van der Waals surface area contributed by atoms with Crippen molar-refractivity contribution in [2.45, 2.75) is 127 Å². The minimum absolute atomic E-state index is 0.0581. The summed E-state index contributed by atoms with van der Waals surface area (Å²) in [6, 6.07) is 5.60. The second-order valence-electron chi connectivity index (χ2n) is 16.4. The first-order valence-corrected chi connectivity index (χ1v) is 16.8. The normalized spacial score (nSPS) is 39.7. The smallest absolute Gasteiger partial charge is 0.365 e. The number of piperidine rings is 2. The van der Waals surface area contributed by atoms with E-state index in [-0.39, 0.29) is 47.8 Å². The van der Waals surface area contributed by atoms with Crippen LogP contribution < -0.4 is 20.4 Å². The fourth-order valence-corrected chi connectivity index (χ4v) is 10.2. The van der Waals surface area contributed by atoms with Gasteiger partial charge in [0.1, 0.15) is 17.8 Å². The second-order valence-corrected chi connectivity index (χ2v) is 16.4. The molecule has 10 nitrogen and oxygen atoms in total. The number of ketones is 1. The topological polar surface area (TPSA) is 126 Å². The molecule has 4 fully saturated rings. The van der Waals surface area contributed by atoms with Gasteiger partial charge in [0.2, 0.25) is 5.91 Å². The van der Waals surface area contributed by atoms with Crippen molar-refractivity contribution in [2.24, 2.45) is 11.3 Å². The van der Waals surface area contributed by atoms with E-state index in [0.717, 1.165) is 16.9 Å². The molecule has 5 N–H and O–H groups in total. The van der Waals surface area contributed by atoms with Gasteiger partial charge in [-0.05, 0) is 45.9 Å². The molecule has 45 heavy (non-hydrogen) atoms. The number of carbonyl (C=O) groups is 3. The highest BCUT2D eigenvalue weighted by atomic mass is 16.6. The summed E-state index contributed by atoms with van der Waals surface area (Å²) in [6.45, 7) is 14.8. The Balaban J connectivity index is 1.35. The van der Waals surface area contributed by atoms with Gasteiger partial charge in [-0.1, -0.05) is 39.8 Å². The molecule has 4 heterocycles. The summed E-state index contributed by atoms with van der Waals surface area (Å²) in [5, 5.41) is 19.8. The summed E-state index contributed by atoms with van der Waals surface area (Å²) in [5.41, 5.74) is -2.70. The van der Waals surface area contributed by atoms with E-state index in [9.17, 15) is 19.5 Å². The zero-order valence-corrected chi connectivity index (χ0v) is 28.7. The van der Waals surface area contributed by atoms with Gasteiger partial charge in [-0.3, -0.25) is 9.59 Å². The monoisotopic (exact) mass is 626 g/mol. The number of rotatable bonds is 7. The van der Waals surface area contributed by atoms with E-state index >= 15 is 0 Å². The van der Waals surface area contributed by atoms with Gasteiger partial charge in [-0.25, -0.2) is 4.79 Å². The zero-order chi connectivity index (χ0) is 33.1. The van der Waals surface area contributed by atoms with E-state index in [2.05, 4.69) is 31.4 Å². The van der Waals surface area contributed by atoms with E-state index in [1.165, 1.54) is 4.90 Å².